The number of nitrogens with one attached hydrogen (secondary N) is 1. The van der Waals surface area contributed by atoms with E-state index in [0.717, 1.165) is 12.1 Å². The summed E-state index contributed by atoms with van der Waals surface area (Å²) in [7, 11) is 0. The number of hydrogen-bond donors (Lipinski definition) is 2. The molecule has 0 aliphatic carbocycles. The molecular formula is C14H9Cl2F3N2O. The Balaban J connectivity index is 2.22. The first-order chi connectivity index (χ1) is 10.3. The van der Waals surface area contributed by atoms with Crippen LogP contribution in [0.3, 0.4) is 0 Å². The van der Waals surface area contributed by atoms with Crippen LogP contribution in [0, 0.1) is 0 Å². The van der Waals surface area contributed by atoms with Gasteiger partial charge in [0.2, 0.25) is 0 Å². The van der Waals surface area contributed by atoms with Crippen molar-refractivity contribution in [2.45, 2.75) is 6.18 Å². The number of aromatic hydroxyl groups is 1. The van der Waals surface area contributed by atoms with Gasteiger partial charge in [-0.25, -0.2) is 0 Å². The Hall–Kier alpha value is -1.92. The highest BCUT2D eigenvalue weighted by Crippen LogP contribution is 2.38. The Kier molecular flexibility index (Phi) is 4.83. The van der Waals surface area contributed by atoms with Gasteiger partial charge < -0.3 is 5.11 Å². The topological polar surface area (TPSA) is 44.6 Å². The fraction of sp³-hybridized carbons (Fsp3) is 0.0714. The minimum Gasteiger partial charge on any atom is -0.507 e. The van der Waals surface area contributed by atoms with Gasteiger partial charge in [-0.05, 0) is 24.3 Å². The number of phenols is 1. The standard InChI is InChI=1S/C14H9Cl2F3N2O/c15-10-5-9(14(17,18)19)6-11(16)13(10)21-20-7-8-3-1-2-4-12(8)22/h1-7,21-22H. The summed E-state index contributed by atoms with van der Waals surface area (Å²) in [6.07, 6.45) is -3.25. The van der Waals surface area contributed by atoms with Gasteiger partial charge in [0, 0.05) is 5.56 Å². The van der Waals surface area contributed by atoms with Crippen LogP contribution < -0.4 is 5.43 Å². The number of hydrogen-bond acceptors (Lipinski definition) is 3. The van der Waals surface area contributed by atoms with Gasteiger partial charge in [-0.1, -0.05) is 35.3 Å². The Morgan fingerprint density at radius 3 is 2.23 bits per heavy atom. The maximum absolute atomic E-state index is 12.6. The van der Waals surface area contributed by atoms with Crippen molar-refractivity contribution in [3.05, 3.63) is 57.6 Å². The third-order valence-corrected chi connectivity index (χ3v) is 3.28. The first-order valence-corrected chi connectivity index (χ1v) is 6.68. The zero-order valence-corrected chi connectivity index (χ0v) is 12.3. The van der Waals surface area contributed by atoms with Crippen LogP contribution in [0.15, 0.2) is 41.5 Å². The molecule has 0 saturated heterocycles. The highest BCUT2D eigenvalue weighted by molar-refractivity contribution is 6.39. The van der Waals surface area contributed by atoms with Gasteiger partial charge in [-0.15, -0.1) is 0 Å². The molecule has 0 heterocycles. The van der Waals surface area contributed by atoms with Crippen LogP contribution >= 0.6 is 23.2 Å². The Bertz CT molecular complexity index is 694. The van der Waals surface area contributed by atoms with Gasteiger partial charge >= 0.3 is 6.18 Å². The van der Waals surface area contributed by atoms with E-state index < -0.39 is 11.7 Å². The molecule has 0 amide bonds. The zero-order chi connectivity index (χ0) is 16.3. The maximum Gasteiger partial charge on any atom is 0.416 e. The lowest BCUT2D eigenvalue weighted by Gasteiger charge is -2.11. The van der Waals surface area contributed by atoms with Crippen molar-refractivity contribution in [2.75, 3.05) is 5.43 Å². The van der Waals surface area contributed by atoms with Crippen molar-refractivity contribution in [3.8, 4) is 5.75 Å². The molecule has 0 saturated carbocycles. The van der Waals surface area contributed by atoms with Gasteiger partial charge in [0.05, 0.1) is 27.5 Å². The van der Waals surface area contributed by atoms with Crippen LogP contribution in [0.4, 0.5) is 18.9 Å². The molecule has 8 heteroatoms. The minimum atomic E-state index is -4.54. The first-order valence-electron chi connectivity index (χ1n) is 5.92. The lowest BCUT2D eigenvalue weighted by molar-refractivity contribution is -0.137. The zero-order valence-electron chi connectivity index (χ0n) is 10.8. The summed E-state index contributed by atoms with van der Waals surface area (Å²) in [5.41, 5.74) is 1.99. The Morgan fingerprint density at radius 1 is 1.09 bits per heavy atom. The second-order valence-corrected chi connectivity index (χ2v) is 5.06. The van der Waals surface area contributed by atoms with E-state index in [9.17, 15) is 18.3 Å². The average molecular weight is 349 g/mol. The van der Waals surface area contributed by atoms with E-state index in [1.807, 2.05) is 0 Å². The van der Waals surface area contributed by atoms with Gasteiger partial charge in [0.25, 0.3) is 0 Å². The van der Waals surface area contributed by atoms with Crippen molar-refractivity contribution in [1.82, 2.24) is 0 Å². The predicted octanol–water partition coefficient (Wildman–Crippen LogP) is 5.16. The Morgan fingerprint density at radius 2 is 1.68 bits per heavy atom. The third-order valence-electron chi connectivity index (χ3n) is 2.69. The molecule has 0 aliphatic rings. The number of para-hydroxylation sites is 1. The van der Waals surface area contributed by atoms with Crippen molar-refractivity contribution in [3.63, 3.8) is 0 Å². The SMILES string of the molecule is Oc1ccccc1C=NNc1c(Cl)cc(C(F)(F)F)cc1Cl. The average Bonchev–Trinajstić information content (AvgIpc) is 2.42. The molecule has 0 aliphatic heterocycles. The summed E-state index contributed by atoms with van der Waals surface area (Å²) in [4.78, 5) is 0. The van der Waals surface area contributed by atoms with Crippen LogP contribution in [0.5, 0.6) is 5.75 Å². The highest BCUT2D eigenvalue weighted by Gasteiger charge is 2.32. The molecule has 0 spiro atoms. The van der Waals surface area contributed by atoms with Crippen LogP contribution in [0.2, 0.25) is 10.0 Å². The van der Waals surface area contributed by atoms with Crippen LogP contribution in [0.1, 0.15) is 11.1 Å². The maximum atomic E-state index is 12.6. The van der Waals surface area contributed by atoms with E-state index in [4.69, 9.17) is 23.2 Å². The van der Waals surface area contributed by atoms with Crippen LogP contribution in [0.25, 0.3) is 0 Å². The van der Waals surface area contributed by atoms with Gasteiger partial charge in [-0.2, -0.15) is 18.3 Å². The summed E-state index contributed by atoms with van der Waals surface area (Å²) >= 11 is 11.6. The van der Waals surface area contributed by atoms with Crippen molar-refractivity contribution in [1.29, 1.82) is 0 Å². The largest absolute Gasteiger partial charge is 0.507 e. The molecular weight excluding hydrogens is 340 g/mol. The third kappa shape index (κ3) is 3.84. The lowest BCUT2D eigenvalue weighted by atomic mass is 10.2. The van der Waals surface area contributed by atoms with E-state index in [1.54, 1.807) is 18.2 Å². The number of alkyl halides is 3. The lowest BCUT2D eigenvalue weighted by Crippen LogP contribution is -2.05. The van der Waals surface area contributed by atoms with Gasteiger partial charge in [0.15, 0.2) is 0 Å². The molecule has 2 aromatic carbocycles. The number of nitrogens with zero attached hydrogens (tertiary/aromatic N) is 1. The number of benzene rings is 2. The monoisotopic (exact) mass is 348 g/mol. The number of halogens is 5. The molecule has 2 N–H and O–H groups in total. The fourth-order valence-electron chi connectivity index (χ4n) is 1.61. The van der Waals surface area contributed by atoms with Gasteiger partial charge in [0.1, 0.15) is 5.75 Å². The molecule has 2 aromatic rings. The summed E-state index contributed by atoms with van der Waals surface area (Å²) in [6.45, 7) is 0. The number of rotatable bonds is 3. The predicted molar refractivity (Wildman–Crippen MR) is 80.8 cm³/mol. The number of anilines is 1. The molecule has 116 valence electrons. The van der Waals surface area contributed by atoms with E-state index in [-0.39, 0.29) is 21.5 Å². The molecule has 22 heavy (non-hydrogen) atoms. The van der Waals surface area contributed by atoms with Crippen molar-refractivity contribution in [2.24, 2.45) is 5.10 Å². The Labute approximate surface area is 134 Å². The molecule has 0 unspecified atom stereocenters. The van der Waals surface area contributed by atoms with E-state index in [1.165, 1.54) is 12.3 Å². The smallest absolute Gasteiger partial charge is 0.416 e. The van der Waals surface area contributed by atoms with E-state index in [2.05, 4.69) is 10.5 Å². The van der Waals surface area contributed by atoms with E-state index >= 15 is 0 Å². The molecule has 0 radical (unpaired) electrons. The van der Waals surface area contributed by atoms with Gasteiger partial charge in [-0.3, -0.25) is 5.43 Å². The molecule has 0 fully saturated rings. The van der Waals surface area contributed by atoms with E-state index in [0.29, 0.717) is 5.56 Å². The normalized spacial score (nSPS) is 11.9. The van der Waals surface area contributed by atoms with Crippen LogP contribution in [-0.4, -0.2) is 11.3 Å². The van der Waals surface area contributed by atoms with Crippen LogP contribution in [-0.2, 0) is 6.18 Å². The highest BCUT2D eigenvalue weighted by atomic mass is 35.5. The second-order valence-electron chi connectivity index (χ2n) is 4.24. The second kappa shape index (κ2) is 6.46. The number of hydrazone groups is 1. The minimum absolute atomic E-state index is 0.0117. The summed E-state index contributed by atoms with van der Waals surface area (Å²) in [5.74, 6) is 0.0117. The fourth-order valence-corrected chi connectivity index (χ4v) is 2.18. The van der Waals surface area contributed by atoms with Crippen molar-refractivity contribution < 1.29 is 18.3 Å². The number of phenolic OH excluding ortho intramolecular Hbond substituents is 1. The molecule has 0 bridgehead atoms. The quantitative estimate of drug-likeness (QED) is 0.594. The summed E-state index contributed by atoms with van der Waals surface area (Å²) in [5, 5.41) is 12.9. The molecule has 0 aromatic heterocycles. The van der Waals surface area contributed by atoms with Crippen molar-refractivity contribution >= 4 is 35.1 Å². The summed E-state index contributed by atoms with van der Waals surface area (Å²) < 4.78 is 37.8. The molecule has 2 rings (SSSR count). The summed E-state index contributed by atoms with van der Waals surface area (Å²) in [6, 6.07) is 7.93. The molecule has 3 nitrogen and oxygen atoms in total. The molecule has 0 atom stereocenters. The first kappa shape index (κ1) is 16.5.